The molecule has 30 heavy (non-hydrogen) atoms. The summed E-state index contributed by atoms with van der Waals surface area (Å²) >= 11 is 0. The molecule has 1 amide bonds. The minimum Gasteiger partial charge on any atom is -0.445 e. The summed E-state index contributed by atoms with van der Waals surface area (Å²) in [6.45, 7) is 1.21. The second-order valence-corrected chi connectivity index (χ2v) is 8.23. The van der Waals surface area contributed by atoms with Crippen LogP contribution in [0.1, 0.15) is 18.4 Å². The van der Waals surface area contributed by atoms with Gasteiger partial charge in [0.25, 0.3) is 0 Å². The highest BCUT2D eigenvalue weighted by molar-refractivity contribution is 5.67. The van der Waals surface area contributed by atoms with Gasteiger partial charge < -0.3 is 19.8 Å². The maximum absolute atomic E-state index is 12.5. The molecule has 2 aromatic rings. The van der Waals surface area contributed by atoms with E-state index in [-0.39, 0.29) is 12.7 Å². The zero-order chi connectivity index (χ0) is 20.7. The van der Waals surface area contributed by atoms with Crippen molar-refractivity contribution >= 4 is 11.9 Å². The summed E-state index contributed by atoms with van der Waals surface area (Å²) in [5, 5.41) is 22.9. The highest BCUT2D eigenvalue weighted by atomic mass is 16.7. The third-order valence-corrected chi connectivity index (χ3v) is 6.65. The molecule has 0 radical (unpaired) electrons. The number of aromatic nitrogens is 1. The van der Waals surface area contributed by atoms with Gasteiger partial charge in [-0.2, -0.15) is 0 Å². The first-order valence-electron chi connectivity index (χ1n) is 10.3. The number of ether oxygens (including phenoxy) is 1. The molecule has 1 aromatic carbocycles. The van der Waals surface area contributed by atoms with Crippen molar-refractivity contribution in [2.45, 2.75) is 43.8 Å². The number of carbonyl (C=O) groups excluding carboxylic acids is 1. The van der Waals surface area contributed by atoms with Crippen LogP contribution in [0.25, 0.3) is 0 Å². The molecule has 1 aliphatic carbocycles. The zero-order valence-corrected chi connectivity index (χ0v) is 16.5. The predicted molar refractivity (Wildman–Crippen MR) is 107 cm³/mol. The lowest BCUT2D eigenvalue weighted by Gasteiger charge is -2.40. The Morgan fingerprint density at radius 1 is 1.10 bits per heavy atom. The number of hydrogen-bond acceptors (Lipinski definition) is 7. The fourth-order valence-corrected chi connectivity index (χ4v) is 5.12. The van der Waals surface area contributed by atoms with Crippen molar-refractivity contribution < 1.29 is 24.6 Å². The largest absolute Gasteiger partial charge is 0.445 e. The van der Waals surface area contributed by atoms with Gasteiger partial charge in [0.05, 0.1) is 6.04 Å². The summed E-state index contributed by atoms with van der Waals surface area (Å²) < 4.78 is 5.46. The third kappa shape index (κ3) is 3.03. The summed E-state index contributed by atoms with van der Waals surface area (Å²) in [5.41, 5.74) is 0.505. The van der Waals surface area contributed by atoms with Gasteiger partial charge in [-0.25, -0.2) is 14.8 Å². The van der Waals surface area contributed by atoms with Crippen LogP contribution in [0.5, 0.6) is 0 Å². The second kappa shape index (κ2) is 7.54. The molecular formula is C22H25N3O5. The number of aliphatic hydroxyl groups is 2. The highest BCUT2D eigenvalue weighted by Gasteiger charge is 2.69. The van der Waals surface area contributed by atoms with Crippen molar-refractivity contribution in [2.75, 3.05) is 18.2 Å². The first-order valence-corrected chi connectivity index (χ1v) is 10.3. The van der Waals surface area contributed by atoms with E-state index in [1.807, 2.05) is 48.5 Å². The Bertz CT molecular complexity index is 888. The van der Waals surface area contributed by atoms with Crippen LogP contribution in [-0.4, -0.2) is 63.6 Å². The van der Waals surface area contributed by atoms with Gasteiger partial charge in [0.2, 0.25) is 0 Å². The number of carbonyl (C=O) groups is 1. The Morgan fingerprint density at radius 3 is 2.53 bits per heavy atom. The molecule has 2 saturated heterocycles. The standard InChI is InChI=1S/C22H25N3O5/c26-17-18(27)20-22(19(17)25(30-20)16-8-4-5-11-23-16)9-12-24(13-10-22)21(28)29-14-15-6-2-1-3-7-15/h1-8,11,17-20,26-27H,9-10,12-14H2/t17-,18+,19-,20+/m1/s1. The molecule has 158 valence electrons. The van der Waals surface area contributed by atoms with Crippen LogP contribution < -0.4 is 5.06 Å². The summed E-state index contributed by atoms with van der Waals surface area (Å²) in [6, 6.07) is 14.7. The molecule has 2 bridgehead atoms. The third-order valence-electron chi connectivity index (χ3n) is 6.65. The van der Waals surface area contributed by atoms with Gasteiger partial charge in [-0.3, -0.25) is 4.84 Å². The number of piperidine rings is 1. The van der Waals surface area contributed by atoms with Crippen molar-refractivity contribution in [3.8, 4) is 0 Å². The van der Waals surface area contributed by atoms with E-state index in [2.05, 4.69) is 4.98 Å². The number of benzene rings is 1. The molecule has 1 saturated carbocycles. The highest BCUT2D eigenvalue weighted by Crippen LogP contribution is 2.56. The molecule has 5 rings (SSSR count). The quantitative estimate of drug-likeness (QED) is 0.794. The Labute approximate surface area is 174 Å². The monoisotopic (exact) mass is 411 g/mol. The van der Waals surface area contributed by atoms with Crippen LogP contribution in [0.3, 0.4) is 0 Å². The molecule has 3 fully saturated rings. The van der Waals surface area contributed by atoms with E-state index < -0.39 is 29.8 Å². The van der Waals surface area contributed by atoms with Crippen molar-refractivity contribution in [1.82, 2.24) is 9.88 Å². The van der Waals surface area contributed by atoms with Gasteiger partial charge >= 0.3 is 6.09 Å². The summed E-state index contributed by atoms with van der Waals surface area (Å²) in [7, 11) is 0. The molecule has 3 heterocycles. The number of pyridine rings is 1. The van der Waals surface area contributed by atoms with Crippen molar-refractivity contribution in [3.63, 3.8) is 0 Å². The van der Waals surface area contributed by atoms with Crippen LogP contribution in [-0.2, 0) is 16.2 Å². The van der Waals surface area contributed by atoms with E-state index in [1.165, 1.54) is 0 Å². The molecule has 4 atom stereocenters. The number of amides is 1. The van der Waals surface area contributed by atoms with E-state index in [4.69, 9.17) is 9.57 Å². The molecular weight excluding hydrogens is 386 g/mol. The number of nitrogens with zero attached hydrogens (tertiary/aromatic N) is 3. The van der Waals surface area contributed by atoms with Gasteiger partial charge in [-0.1, -0.05) is 36.4 Å². The fraction of sp³-hybridized carbons (Fsp3) is 0.455. The number of rotatable bonds is 3. The molecule has 2 N–H and O–H groups in total. The maximum atomic E-state index is 12.5. The molecule has 3 aliphatic rings. The first kappa shape index (κ1) is 19.3. The van der Waals surface area contributed by atoms with Crippen LogP contribution in [0, 0.1) is 5.41 Å². The minimum absolute atomic E-state index is 0.237. The van der Waals surface area contributed by atoms with Gasteiger partial charge in [-0.05, 0) is 30.5 Å². The number of hydroxylamine groups is 1. The van der Waals surface area contributed by atoms with Crippen LogP contribution in [0.15, 0.2) is 54.7 Å². The predicted octanol–water partition coefficient (Wildman–Crippen LogP) is 1.72. The van der Waals surface area contributed by atoms with E-state index in [0.29, 0.717) is 31.7 Å². The summed E-state index contributed by atoms with van der Waals surface area (Å²) in [5.74, 6) is 0.611. The average Bonchev–Trinajstić information content (AvgIpc) is 3.20. The molecule has 0 unspecified atom stereocenters. The molecule has 8 heteroatoms. The van der Waals surface area contributed by atoms with E-state index >= 15 is 0 Å². The molecule has 8 nitrogen and oxygen atoms in total. The topological polar surface area (TPSA) is 95.4 Å². The second-order valence-electron chi connectivity index (χ2n) is 8.23. The Kier molecular flexibility index (Phi) is 4.85. The van der Waals surface area contributed by atoms with Crippen LogP contribution >= 0.6 is 0 Å². The van der Waals surface area contributed by atoms with E-state index in [9.17, 15) is 15.0 Å². The Hall–Kier alpha value is -2.68. The van der Waals surface area contributed by atoms with Gasteiger partial charge in [0, 0.05) is 24.7 Å². The zero-order valence-electron chi connectivity index (χ0n) is 16.5. The minimum atomic E-state index is -0.952. The summed E-state index contributed by atoms with van der Waals surface area (Å²) in [6.07, 6.45) is 0.143. The number of anilines is 1. The maximum Gasteiger partial charge on any atom is 0.410 e. The lowest BCUT2D eigenvalue weighted by Crippen LogP contribution is -2.52. The fourth-order valence-electron chi connectivity index (χ4n) is 5.12. The molecule has 1 aromatic heterocycles. The van der Waals surface area contributed by atoms with Gasteiger partial charge in [0.15, 0.2) is 5.82 Å². The number of hydrogen-bond donors (Lipinski definition) is 2. The molecule has 1 spiro atoms. The van der Waals surface area contributed by atoms with Crippen molar-refractivity contribution in [2.24, 2.45) is 5.41 Å². The van der Waals surface area contributed by atoms with Crippen molar-refractivity contribution in [3.05, 3.63) is 60.3 Å². The van der Waals surface area contributed by atoms with Crippen LogP contribution in [0.2, 0.25) is 0 Å². The number of aliphatic hydroxyl groups excluding tert-OH is 2. The van der Waals surface area contributed by atoms with E-state index in [1.54, 1.807) is 16.2 Å². The summed E-state index contributed by atoms with van der Waals surface area (Å²) in [4.78, 5) is 24.6. The number of likely N-dealkylation sites (tertiary alicyclic amines) is 1. The van der Waals surface area contributed by atoms with E-state index in [0.717, 1.165) is 5.56 Å². The lowest BCUT2D eigenvalue weighted by molar-refractivity contribution is -0.103. The average molecular weight is 411 g/mol. The van der Waals surface area contributed by atoms with Crippen LogP contribution in [0.4, 0.5) is 10.6 Å². The SMILES string of the molecule is O=C(OCc1ccccc1)N1CCC2(CC1)[C@H]1ON(c3ccccn3)[C@@H]2[C@H](O)[C@@H]1O. The van der Waals surface area contributed by atoms with Gasteiger partial charge in [0.1, 0.15) is 24.9 Å². The first-order chi connectivity index (χ1) is 14.6. The Morgan fingerprint density at radius 2 is 1.83 bits per heavy atom. The smallest absolute Gasteiger partial charge is 0.410 e. The van der Waals surface area contributed by atoms with Gasteiger partial charge in [-0.15, -0.1) is 0 Å². The molecule has 2 aliphatic heterocycles. The lowest BCUT2D eigenvalue weighted by atomic mass is 9.73. The normalized spacial score (nSPS) is 29.4. The van der Waals surface area contributed by atoms with Crippen molar-refractivity contribution in [1.29, 1.82) is 0 Å². The Balaban J connectivity index is 1.27.